The highest BCUT2D eigenvalue weighted by Crippen LogP contribution is 2.52. The minimum atomic E-state index is -0.563. The molecule has 1 spiro atoms. The van der Waals surface area contributed by atoms with Crippen LogP contribution in [0.1, 0.15) is 46.1 Å². The van der Waals surface area contributed by atoms with Crippen LogP contribution >= 0.6 is 0 Å². The van der Waals surface area contributed by atoms with Gasteiger partial charge in [-0.05, 0) is 42.9 Å². The highest BCUT2D eigenvalue weighted by Gasteiger charge is 2.48. The van der Waals surface area contributed by atoms with Gasteiger partial charge in [0, 0.05) is 18.8 Å². The van der Waals surface area contributed by atoms with Crippen molar-refractivity contribution in [2.75, 3.05) is 25.0 Å². The molecular formula is C21H28N2O3. The van der Waals surface area contributed by atoms with Gasteiger partial charge in [0.1, 0.15) is 5.76 Å². The van der Waals surface area contributed by atoms with E-state index in [4.69, 9.17) is 4.74 Å². The van der Waals surface area contributed by atoms with Crippen molar-refractivity contribution < 1.29 is 14.3 Å². The Labute approximate surface area is 155 Å². The number of carbonyl (C=O) groups is 2. The molecule has 0 aromatic heterocycles. The molecule has 140 valence electrons. The van der Waals surface area contributed by atoms with Crippen LogP contribution < -0.4 is 5.32 Å². The molecule has 1 fully saturated rings. The molecular weight excluding hydrogens is 328 g/mol. The second-order valence-corrected chi connectivity index (χ2v) is 8.14. The van der Waals surface area contributed by atoms with E-state index in [1.165, 1.54) is 0 Å². The highest BCUT2D eigenvalue weighted by molar-refractivity contribution is 6.39. The van der Waals surface area contributed by atoms with E-state index in [1.807, 2.05) is 31.2 Å². The van der Waals surface area contributed by atoms with Gasteiger partial charge in [-0.2, -0.15) is 0 Å². The van der Waals surface area contributed by atoms with Crippen molar-refractivity contribution in [3.63, 3.8) is 0 Å². The Morgan fingerprint density at radius 3 is 2.46 bits per heavy atom. The van der Waals surface area contributed by atoms with E-state index < -0.39 is 11.8 Å². The molecule has 1 aromatic rings. The third-order valence-electron chi connectivity index (χ3n) is 5.24. The van der Waals surface area contributed by atoms with Crippen molar-refractivity contribution in [3.8, 4) is 0 Å². The molecule has 1 N–H and O–H groups in total. The number of likely N-dealkylation sites (tertiary alicyclic amines) is 1. The van der Waals surface area contributed by atoms with Gasteiger partial charge in [0.2, 0.25) is 0 Å². The van der Waals surface area contributed by atoms with Crippen LogP contribution in [0.5, 0.6) is 0 Å². The number of allylic oxidation sites excluding steroid dienone is 2. The number of nitrogens with zero attached hydrogens (tertiary/aromatic N) is 1. The maximum absolute atomic E-state index is 12.6. The molecule has 1 aromatic carbocycles. The lowest BCUT2D eigenvalue weighted by molar-refractivity contribution is -0.144. The summed E-state index contributed by atoms with van der Waals surface area (Å²) in [7, 11) is 0. The van der Waals surface area contributed by atoms with Crippen LogP contribution in [0, 0.1) is 5.41 Å². The molecule has 5 nitrogen and oxygen atoms in total. The first kappa shape index (κ1) is 18.5. The number of anilines is 1. The van der Waals surface area contributed by atoms with Crippen LogP contribution in [0.15, 0.2) is 36.1 Å². The van der Waals surface area contributed by atoms with E-state index in [1.54, 1.807) is 4.90 Å². The molecule has 5 heteroatoms. The van der Waals surface area contributed by atoms with Gasteiger partial charge in [-0.15, -0.1) is 0 Å². The fraction of sp³-hybridized carbons (Fsp3) is 0.524. The zero-order valence-electron chi connectivity index (χ0n) is 16.1. The summed E-state index contributed by atoms with van der Waals surface area (Å²) in [6.45, 7) is 10.1. The third kappa shape index (κ3) is 3.62. The summed E-state index contributed by atoms with van der Waals surface area (Å²) in [4.78, 5) is 26.7. The van der Waals surface area contributed by atoms with Crippen LogP contribution in [-0.4, -0.2) is 36.4 Å². The molecule has 0 radical (unpaired) electrons. The number of ether oxygens (including phenoxy) is 1. The largest absolute Gasteiger partial charge is 0.498 e. The Kier molecular flexibility index (Phi) is 4.82. The van der Waals surface area contributed by atoms with Crippen LogP contribution in [0.4, 0.5) is 5.69 Å². The lowest BCUT2D eigenvalue weighted by Gasteiger charge is -2.32. The SMILES string of the molecule is CCOC1=CC12CCN(C(=O)C(=O)Nc1ccccc1C(C)(C)C)CC2. The molecule has 0 bridgehead atoms. The van der Waals surface area contributed by atoms with E-state index in [9.17, 15) is 9.59 Å². The summed E-state index contributed by atoms with van der Waals surface area (Å²) >= 11 is 0. The molecule has 2 aliphatic rings. The Morgan fingerprint density at radius 2 is 1.85 bits per heavy atom. The summed E-state index contributed by atoms with van der Waals surface area (Å²) in [5, 5.41) is 2.81. The number of amides is 2. The number of piperidine rings is 1. The molecule has 26 heavy (non-hydrogen) atoms. The normalized spacial score (nSPS) is 18.3. The Bertz CT molecular complexity index is 738. The van der Waals surface area contributed by atoms with Gasteiger partial charge >= 0.3 is 11.8 Å². The molecule has 1 aliphatic heterocycles. The van der Waals surface area contributed by atoms with E-state index >= 15 is 0 Å². The Morgan fingerprint density at radius 1 is 1.19 bits per heavy atom. The standard InChI is InChI=1S/C21H28N2O3/c1-5-26-17-14-21(17)10-12-23(13-11-21)19(25)18(24)22-16-9-7-6-8-15(16)20(2,3)4/h6-9,14H,5,10-13H2,1-4H3,(H,22,24). The topological polar surface area (TPSA) is 58.6 Å². The molecule has 1 aliphatic carbocycles. The first-order valence-electron chi connectivity index (χ1n) is 9.33. The lowest BCUT2D eigenvalue weighted by Crippen LogP contribution is -2.45. The monoisotopic (exact) mass is 356 g/mol. The first-order valence-corrected chi connectivity index (χ1v) is 9.33. The minimum Gasteiger partial charge on any atom is -0.498 e. The van der Waals surface area contributed by atoms with Gasteiger partial charge in [-0.25, -0.2) is 0 Å². The number of benzene rings is 1. The number of nitrogens with one attached hydrogen (secondary N) is 1. The predicted octanol–water partition coefficient (Wildman–Crippen LogP) is 3.47. The van der Waals surface area contributed by atoms with Crippen molar-refractivity contribution in [2.45, 2.75) is 46.0 Å². The smallest absolute Gasteiger partial charge is 0.313 e. The molecule has 0 unspecified atom stereocenters. The average molecular weight is 356 g/mol. The van der Waals surface area contributed by atoms with Crippen molar-refractivity contribution in [1.82, 2.24) is 4.90 Å². The van der Waals surface area contributed by atoms with Crippen LogP contribution in [0.2, 0.25) is 0 Å². The predicted molar refractivity (Wildman–Crippen MR) is 102 cm³/mol. The number of hydrogen-bond acceptors (Lipinski definition) is 3. The van der Waals surface area contributed by atoms with Gasteiger partial charge in [-0.3, -0.25) is 9.59 Å². The molecule has 0 atom stereocenters. The van der Waals surface area contributed by atoms with Crippen molar-refractivity contribution >= 4 is 17.5 Å². The van der Waals surface area contributed by atoms with Gasteiger partial charge in [0.15, 0.2) is 0 Å². The van der Waals surface area contributed by atoms with E-state index in [0.29, 0.717) is 25.4 Å². The van der Waals surface area contributed by atoms with Crippen molar-refractivity contribution in [3.05, 3.63) is 41.7 Å². The first-order chi connectivity index (χ1) is 12.3. The highest BCUT2D eigenvalue weighted by atomic mass is 16.5. The van der Waals surface area contributed by atoms with Gasteiger partial charge in [-0.1, -0.05) is 39.0 Å². The second-order valence-electron chi connectivity index (χ2n) is 8.14. The zero-order valence-corrected chi connectivity index (χ0v) is 16.1. The molecule has 1 heterocycles. The fourth-order valence-corrected chi connectivity index (χ4v) is 3.62. The fourth-order valence-electron chi connectivity index (χ4n) is 3.62. The van der Waals surface area contributed by atoms with Gasteiger partial charge in [0.25, 0.3) is 0 Å². The minimum absolute atomic E-state index is 0.0438. The summed E-state index contributed by atoms with van der Waals surface area (Å²) in [6.07, 6.45) is 3.82. The summed E-state index contributed by atoms with van der Waals surface area (Å²) in [6, 6.07) is 7.65. The maximum Gasteiger partial charge on any atom is 0.313 e. The number of para-hydroxylation sites is 1. The maximum atomic E-state index is 12.6. The van der Waals surface area contributed by atoms with E-state index in [0.717, 1.165) is 24.2 Å². The van der Waals surface area contributed by atoms with Crippen LogP contribution in [0.3, 0.4) is 0 Å². The van der Waals surface area contributed by atoms with Gasteiger partial charge in [0.05, 0.1) is 12.0 Å². The Hall–Kier alpha value is -2.30. The number of rotatable bonds is 3. The van der Waals surface area contributed by atoms with Gasteiger partial charge < -0.3 is 15.0 Å². The molecule has 0 saturated carbocycles. The summed E-state index contributed by atoms with van der Waals surface area (Å²) in [5.74, 6) is 0.0317. The lowest BCUT2D eigenvalue weighted by atomic mass is 9.86. The van der Waals surface area contributed by atoms with Crippen LogP contribution in [0.25, 0.3) is 0 Å². The summed E-state index contributed by atoms with van der Waals surface area (Å²) in [5.41, 5.74) is 1.65. The Balaban J connectivity index is 1.59. The van der Waals surface area contributed by atoms with Crippen molar-refractivity contribution in [1.29, 1.82) is 0 Å². The molecule has 1 saturated heterocycles. The average Bonchev–Trinajstić information content (AvgIpc) is 3.26. The summed E-state index contributed by atoms with van der Waals surface area (Å²) < 4.78 is 5.59. The molecule has 3 rings (SSSR count). The zero-order chi connectivity index (χ0) is 18.9. The quantitative estimate of drug-likeness (QED) is 0.844. The van der Waals surface area contributed by atoms with Crippen molar-refractivity contribution in [2.24, 2.45) is 5.41 Å². The second kappa shape index (κ2) is 6.78. The van der Waals surface area contributed by atoms with E-state index in [2.05, 4.69) is 32.2 Å². The van der Waals surface area contributed by atoms with Crippen LogP contribution in [-0.2, 0) is 19.7 Å². The van der Waals surface area contributed by atoms with E-state index in [-0.39, 0.29) is 10.8 Å². The molecule has 2 amide bonds. The number of hydrogen-bond donors (Lipinski definition) is 1. The number of carbonyl (C=O) groups excluding carboxylic acids is 2. The third-order valence-corrected chi connectivity index (χ3v) is 5.24.